The summed E-state index contributed by atoms with van der Waals surface area (Å²) in [5.41, 5.74) is 2.07. The van der Waals surface area contributed by atoms with Crippen molar-refractivity contribution in [2.24, 2.45) is 0 Å². The second-order valence-corrected chi connectivity index (χ2v) is 6.37. The number of ether oxygens (including phenoxy) is 5. The summed E-state index contributed by atoms with van der Waals surface area (Å²) >= 11 is 0. The Kier molecular flexibility index (Phi) is 8.55. The van der Waals surface area contributed by atoms with Crippen LogP contribution in [-0.2, 0) is 16.1 Å². The van der Waals surface area contributed by atoms with Gasteiger partial charge >= 0.3 is 5.97 Å². The molecule has 7 nitrogen and oxygen atoms in total. The average Bonchev–Trinajstić information content (AvgIpc) is 2.78. The molecule has 0 saturated heterocycles. The van der Waals surface area contributed by atoms with Crippen molar-refractivity contribution in [2.45, 2.75) is 19.5 Å². The Morgan fingerprint density at radius 2 is 1.57 bits per heavy atom. The molecule has 0 amide bonds. The lowest BCUT2D eigenvalue weighted by atomic mass is 9.99. The van der Waals surface area contributed by atoms with Gasteiger partial charge in [-0.05, 0) is 42.3 Å². The van der Waals surface area contributed by atoms with Gasteiger partial charge in [-0.3, -0.25) is 0 Å². The van der Waals surface area contributed by atoms with Crippen LogP contribution in [0.1, 0.15) is 24.1 Å². The SMILES string of the molecule is C=C(C(=O)OCC)[C@@H](NCc1cc(OC)c(OC)c(OC)c1)c1ccc(OC)cc1. The zero-order valence-electron chi connectivity index (χ0n) is 18.1. The molecule has 0 spiro atoms. The minimum atomic E-state index is -0.450. The van der Waals surface area contributed by atoms with Gasteiger partial charge in [-0.15, -0.1) is 0 Å². The van der Waals surface area contributed by atoms with Gasteiger partial charge in [-0.1, -0.05) is 18.7 Å². The molecule has 0 aromatic heterocycles. The predicted molar refractivity (Wildman–Crippen MR) is 114 cm³/mol. The quantitative estimate of drug-likeness (QED) is 0.443. The third-order valence-electron chi connectivity index (χ3n) is 4.57. The second-order valence-electron chi connectivity index (χ2n) is 6.37. The molecule has 0 aliphatic carbocycles. The molecule has 1 N–H and O–H groups in total. The van der Waals surface area contributed by atoms with Gasteiger partial charge in [0.05, 0.1) is 46.7 Å². The maximum absolute atomic E-state index is 12.3. The highest BCUT2D eigenvalue weighted by atomic mass is 16.5. The van der Waals surface area contributed by atoms with Gasteiger partial charge in [-0.25, -0.2) is 4.79 Å². The average molecular weight is 415 g/mol. The first-order valence-electron chi connectivity index (χ1n) is 9.51. The van der Waals surface area contributed by atoms with E-state index in [0.717, 1.165) is 16.9 Å². The van der Waals surface area contributed by atoms with Gasteiger partial charge in [0.15, 0.2) is 11.5 Å². The van der Waals surface area contributed by atoms with E-state index in [4.69, 9.17) is 23.7 Å². The van der Waals surface area contributed by atoms with Crippen molar-refractivity contribution in [3.8, 4) is 23.0 Å². The molecule has 0 bridgehead atoms. The van der Waals surface area contributed by atoms with Crippen LogP contribution >= 0.6 is 0 Å². The van der Waals surface area contributed by atoms with E-state index in [1.165, 1.54) is 0 Å². The molecule has 0 fully saturated rings. The van der Waals surface area contributed by atoms with Crippen LogP contribution in [0.4, 0.5) is 0 Å². The standard InChI is InChI=1S/C23H29NO6/c1-7-30-23(25)15(2)21(17-8-10-18(26-3)11-9-17)24-14-16-12-19(27-4)22(29-6)20(13-16)28-5/h8-13,21,24H,2,7,14H2,1,3-6H3/t21-/m1/s1. The van der Waals surface area contributed by atoms with Crippen LogP contribution in [0.25, 0.3) is 0 Å². The highest BCUT2D eigenvalue weighted by Crippen LogP contribution is 2.38. The lowest BCUT2D eigenvalue weighted by molar-refractivity contribution is -0.138. The Balaban J connectivity index is 2.31. The van der Waals surface area contributed by atoms with Crippen LogP contribution in [-0.4, -0.2) is 41.0 Å². The van der Waals surface area contributed by atoms with E-state index in [1.54, 1.807) is 35.4 Å². The van der Waals surface area contributed by atoms with Crippen LogP contribution in [0, 0.1) is 0 Å². The highest BCUT2D eigenvalue weighted by Gasteiger charge is 2.22. The molecule has 162 valence electrons. The molecule has 0 heterocycles. The summed E-state index contributed by atoms with van der Waals surface area (Å²) in [6, 6.07) is 10.7. The van der Waals surface area contributed by atoms with E-state index in [2.05, 4.69) is 11.9 Å². The van der Waals surface area contributed by atoms with Crippen molar-refractivity contribution in [1.82, 2.24) is 5.32 Å². The van der Waals surface area contributed by atoms with Gasteiger partial charge in [-0.2, -0.15) is 0 Å². The molecule has 1 atom stereocenters. The van der Waals surface area contributed by atoms with E-state index in [-0.39, 0.29) is 6.61 Å². The Morgan fingerprint density at radius 3 is 2.03 bits per heavy atom. The summed E-state index contributed by atoms with van der Waals surface area (Å²) in [6.45, 7) is 6.42. The molecule has 0 aliphatic rings. The van der Waals surface area contributed by atoms with Crippen molar-refractivity contribution in [1.29, 1.82) is 0 Å². The minimum Gasteiger partial charge on any atom is -0.497 e. The normalized spacial score (nSPS) is 11.4. The van der Waals surface area contributed by atoms with E-state index in [0.29, 0.717) is 29.4 Å². The number of benzene rings is 2. The van der Waals surface area contributed by atoms with Crippen LogP contribution in [0.2, 0.25) is 0 Å². The molecule has 0 aliphatic heterocycles. The lowest BCUT2D eigenvalue weighted by Gasteiger charge is -2.22. The molecule has 2 aromatic rings. The number of hydrogen-bond donors (Lipinski definition) is 1. The molecule has 7 heteroatoms. The fraction of sp³-hybridized carbons (Fsp3) is 0.348. The van der Waals surface area contributed by atoms with Gasteiger partial charge in [0, 0.05) is 6.54 Å². The molecule has 30 heavy (non-hydrogen) atoms. The van der Waals surface area contributed by atoms with Gasteiger partial charge < -0.3 is 29.0 Å². The van der Waals surface area contributed by atoms with Crippen LogP contribution in [0.3, 0.4) is 0 Å². The van der Waals surface area contributed by atoms with Crippen molar-refractivity contribution in [3.05, 3.63) is 59.7 Å². The van der Waals surface area contributed by atoms with Crippen LogP contribution in [0.5, 0.6) is 23.0 Å². The first kappa shape index (κ1) is 23.1. The fourth-order valence-corrected chi connectivity index (χ4v) is 3.04. The van der Waals surface area contributed by atoms with E-state index in [9.17, 15) is 4.79 Å². The molecular formula is C23H29NO6. The van der Waals surface area contributed by atoms with Crippen molar-refractivity contribution < 1.29 is 28.5 Å². The number of hydrogen-bond acceptors (Lipinski definition) is 7. The fourth-order valence-electron chi connectivity index (χ4n) is 3.04. The summed E-state index contributed by atoms with van der Waals surface area (Å²) < 4.78 is 26.6. The first-order valence-corrected chi connectivity index (χ1v) is 9.51. The third-order valence-corrected chi connectivity index (χ3v) is 4.57. The number of nitrogens with one attached hydrogen (secondary N) is 1. The number of carbonyl (C=O) groups is 1. The van der Waals surface area contributed by atoms with Gasteiger partial charge in [0.25, 0.3) is 0 Å². The number of methoxy groups -OCH3 is 4. The van der Waals surface area contributed by atoms with Crippen molar-refractivity contribution in [2.75, 3.05) is 35.0 Å². The second kappa shape index (κ2) is 11.1. The molecule has 2 aromatic carbocycles. The lowest BCUT2D eigenvalue weighted by Crippen LogP contribution is -2.26. The van der Waals surface area contributed by atoms with Crippen LogP contribution < -0.4 is 24.3 Å². The molecule has 0 unspecified atom stereocenters. The van der Waals surface area contributed by atoms with Crippen LogP contribution in [0.15, 0.2) is 48.6 Å². The summed E-state index contributed by atoms with van der Waals surface area (Å²) in [5, 5.41) is 3.38. The predicted octanol–water partition coefficient (Wildman–Crippen LogP) is 3.67. The molecular weight excluding hydrogens is 386 g/mol. The summed E-state index contributed by atoms with van der Waals surface area (Å²) in [6.07, 6.45) is 0. The smallest absolute Gasteiger partial charge is 0.335 e. The zero-order chi connectivity index (χ0) is 22.1. The zero-order valence-corrected chi connectivity index (χ0v) is 18.1. The maximum Gasteiger partial charge on any atom is 0.335 e. The van der Waals surface area contributed by atoms with Gasteiger partial charge in [0.2, 0.25) is 5.75 Å². The van der Waals surface area contributed by atoms with E-state index in [1.807, 2.05) is 36.4 Å². The number of esters is 1. The monoisotopic (exact) mass is 415 g/mol. The van der Waals surface area contributed by atoms with E-state index < -0.39 is 12.0 Å². The third kappa shape index (κ3) is 5.45. The Bertz CT molecular complexity index is 837. The Hall–Kier alpha value is -3.19. The topological polar surface area (TPSA) is 75.3 Å². The highest BCUT2D eigenvalue weighted by molar-refractivity contribution is 5.89. The summed E-state index contributed by atoms with van der Waals surface area (Å²) in [7, 11) is 6.29. The number of carbonyl (C=O) groups excluding carboxylic acids is 1. The number of rotatable bonds is 11. The Labute approximate surface area is 177 Å². The minimum absolute atomic E-state index is 0.278. The van der Waals surface area contributed by atoms with Gasteiger partial charge in [0.1, 0.15) is 5.75 Å². The largest absolute Gasteiger partial charge is 0.497 e. The Morgan fingerprint density at radius 1 is 0.967 bits per heavy atom. The first-order chi connectivity index (χ1) is 14.5. The molecule has 0 radical (unpaired) electrons. The summed E-state index contributed by atoms with van der Waals surface area (Å²) in [4.78, 5) is 12.3. The van der Waals surface area contributed by atoms with E-state index >= 15 is 0 Å². The van der Waals surface area contributed by atoms with Crippen molar-refractivity contribution >= 4 is 5.97 Å². The van der Waals surface area contributed by atoms with Crippen molar-refractivity contribution in [3.63, 3.8) is 0 Å². The summed E-state index contributed by atoms with van der Waals surface area (Å²) in [5.74, 6) is 1.91. The maximum atomic E-state index is 12.3. The molecule has 2 rings (SSSR count). The molecule has 0 saturated carbocycles.